The summed E-state index contributed by atoms with van der Waals surface area (Å²) in [6.07, 6.45) is 0. The molecule has 1 aromatic heterocycles. The van der Waals surface area contributed by atoms with Crippen LogP contribution < -0.4 is 5.32 Å². The lowest BCUT2D eigenvalue weighted by Crippen LogP contribution is -2.51. The normalized spacial score (nSPS) is 22.9. The number of aryl methyl sites for hydroxylation is 2. The standard InChI is InChI=1S/C10H17N3O2S2/c1-7-6-13(5-4-11-7)17(14,15)10-8(2)12-9(3)16-10/h7,11H,4-6H2,1-3H3. The van der Waals surface area contributed by atoms with Gasteiger partial charge in [-0.1, -0.05) is 0 Å². The number of thiazole rings is 1. The Labute approximate surface area is 106 Å². The Morgan fingerprint density at radius 1 is 1.47 bits per heavy atom. The fourth-order valence-electron chi connectivity index (χ4n) is 1.98. The number of hydrogen-bond donors (Lipinski definition) is 1. The number of aromatic nitrogens is 1. The third kappa shape index (κ3) is 2.52. The molecule has 1 N–H and O–H groups in total. The van der Waals surface area contributed by atoms with E-state index in [1.807, 2.05) is 13.8 Å². The second-order valence-corrected chi connectivity index (χ2v) is 7.66. The van der Waals surface area contributed by atoms with Gasteiger partial charge in [-0.2, -0.15) is 4.31 Å². The molecule has 2 rings (SSSR count). The Hall–Kier alpha value is -0.500. The van der Waals surface area contributed by atoms with E-state index in [2.05, 4.69) is 10.3 Å². The van der Waals surface area contributed by atoms with Crippen molar-refractivity contribution in [2.24, 2.45) is 0 Å². The van der Waals surface area contributed by atoms with Crippen LogP contribution in [0, 0.1) is 13.8 Å². The maximum absolute atomic E-state index is 12.4. The van der Waals surface area contributed by atoms with Gasteiger partial charge in [-0.3, -0.25) is 0 Å². The third-order valence-corrected chi connectivity index (χ3v) is 6.29. The van der Waals surface area contributed by atoms with Crippen LogP contribution in [0.25, 0.3) is 0 Å². The minimum absolute atomic E-state index is 0.202. The zero-order valence-electron chi connectivity index (χ0n) is 10.2. The van der Waals surface area contributed by atoms with Crippen molar-refractivity contribution in [3.05, 3.63) is 10.7 Å². The smallest absolute Gasteiger partial charge is 0.254 e. The maximum atomic E-state index is 12.4. The summed E-state index contributed by atoms with van der Waals surface area (Å²) < 4.78 is 26.8. The fraction of sp³-hybridized carbons (Fsp3) is 0.700. The van der Waals surface area contributed by atoms with Crippen molar-refractivity contribution in [2.75, 3.05) is 19.6 Å². The summed E-state index contributed by atoms with van der Waals surface area (Å²) in [5.74, 6) is 0. The van der Waals surface area contributed by atoms with E-state index in [9.17, 15) is 8.42 Å². The molecule has 1 aliphatic rings. The Morgan fingerprint density at radius 3 is 2.71 bits per heavy atom. The van der Waals surface area contributed by atoms with Crippen molar-refractivity contribution < 1.29 is 8.42 Å². The molecule has 1 atom stereocenters. The maximum Gasteiger partial charge on any atom is 0.254 e. The van der Waals surface area contributed by atoms with Gasteiger partial charge in [0.05, 0.1) is 10.7 Å². The minimum Gasteiger partial charge on any atom is -0.312 e. The largest absolute Gasteiger partial charge is 0.312 e. The molecule has 1 aromatic rings. The molecule has 5 nitrogen and oxygen atoms in total. The van der Waals surface area contributed by atoms with Crippen molar-refractivity contribution >= 4 is 21.4 Å². The Bertz CT molecular complexity index is 510. The van der Waals surface area contributed by atoms with E-state index in [-0.39, 0.29) is 6.04 Å². The van der Waals surface area contributed by atoms with Gasteiger partial charge in [0, 0.05) is 25.7 Å². The predicted molar refractivity (Wildman–Crippen MR) is 67.8 cm³/mol. The highest BCUT2D eigenvalue weighted by Crippen LogP contribution is 2.26. The van der Waals surface area contributed by atoms with E-state index in [0.717, 1.165) is 5.01 Å². The van der Waals surface area contributed by atoms with Crippen LogP contribution >= 0.6 is 11.3 Å². The summed E-state index contributed by atoms with van der Waals surface area (Å²) >= 11 is 1.26. The fourth-order valence-corrected chi connectivity index (χ4v) is 5.13. The molecule has 2 heterocycles. The minimum atomic E-state index is -3.36. The number of hydrogen-bond acceptors (Lipinski definition) is 5. The highest BCUT2D eigenvalue weighted by Gasteiger charge is 2.31. The molecule has 0 spiro atoms. The summed E-state index contributed by atoms with van der Waals surface area (Å²) in [4.78, 5) is 4.19. The van der Waals surface area contributed by atoms with Gasteiger partial charge in [-0.05, 0) is 20.8 Å². The molecule has 1 aliphatic heterocycles. The molecule has 0 bridgehead atoms. The SMILES string of the molecule is Cc1nc(C)c(S(=O)(=O)N2CCNC(C)C2)s1. The lowest BCUT2D eigenvalue weighted by Gasteiger charge is -2.30. The van der Waals surface area contributed by atoms with Crippen molar-refractivity contribution in [1.29, 1.82) is 0 Å². The molecule has 1 unspecified atom stereocenters. The zero-order chi connectivity index (χ0) is 12.6. The van der Waals surface area contributed by atoms with Gasteiger partial charge >= 0.3 is 0 Å². The van der Waals surface area contributed by atoms with E-state index in [1.165, 1.54) is 11.3 Å². The first-order valence-corrected chi connectivity index (χ1v) is 7.84. The van der Waals surface area contributed by atoms with Crippen LogP contribution in [0.2, 0.25) is 0 Å². The van der Waals surface area contributed by atoms with E-state index >= 15 is 0 Å². The lowest BCUT2D eigenvalue weighted by atomic mass is 10.3. The first-order valence-electron chi connectivity index (χ1n) is 5.59. The average Bonchev–Trinajstić information content (AvgIpc) is 2.58. The van der Waals surface area contributed by atoms with Gasteiger partial charge in [0.25, 0.3) is 10.0 Å². The molecular weight excluding hydrogens is 258 g/mol. The van der Waals surface area contributed by atoms with Gasteiger partial charge in [0.15, 0.2) is 4.21 Å². The Kier molecular flexibility index (Phi) is 3.53. The Balaban J connectivity index is 2.33. The van der Waals surface area contributed by atoms with Crippen LogP contribution in [0.15, 0.2) is 4.21 Å². The number of nitrogens with zero attached hydrogens (tertiary/aromatic N) is 2. The number of piperazine rings is 1. The van der Waals surface area contributed by atoms with Gasteiger partial charge < -0.3 is 5.32 Å². The zero-order valence-corrected chi connectivity index (χ0v) is 11.9. The van der Waals surface area contributed by atoms with Crippen LogP contribution in [0.4, 0.5) is 0 Å². The van der Waals surface area contributed by atoms with Crippen molar-refractivity contribution in [3.63, 3.8) is 0 Å². The van der Waals surface area contributed by atoms with Crippen molar-refractivity contribution in [3.8, 4) is 0 Å². The molecule has 0 radical (unpaired) electrons. The van der Waals surface area contributed by atoms with Crippen LogP contribution in [-0.2, 0) is 10.0 Å². The molecule has 96 valence electrons. The van der Waals surface area contributed by atoms with Crippen molar-refractivity contribution in [2.45, 2.75) is 31.0 Å². The summed E-state index contributed by atoms with van der Waals surface area (Å²) in [5, 5.41) is 4.03. The average molecular weight is 275 g/mol. The molecule has 7 heteroatoms. The van der Waals surface area contributed by atoms with E-state index in [1.54, 1.807) is 11.2 Å². The highest BCUT2D eigenvalue weighted by atomic mass is 32.2. The first-order chi connectivity index (χ1) is 7.91. The number of rotatable bonds is 2. The second kappa shape index (κ2) is 4.64. The van der Waals surface area contributed by atoms with Gasteiger partial charge in [0.2, 0.25) is 0 Å². The van der Waals surface area contributed by atoms with Crippen LogP contribution in [0.3, 0.4) is 0 Å². The molecule has 0 amide bonds. The predicted octanol–water partition coefficient (Wildman–Crippen LogP) is 0.742. The molecule has 0 saturated carbocycles. The molecule has 17 heavy (non-hydrogen) atoms. The van der Waals surface area contributed by atoms with Crippen LogP contribution in [0.1, 0.15) is 17.6 Å². The molecular formula is C10H17N3O2S2. The van der Waals surface area contributed by atoms with E-state index in [0.29, 0.717) is 29.5 Å². The summed E-state index contributed by atoms with van der Waals surface area (Å²) in [6, 6.07) is 0.202. The number of nitrogens with one attached hydrogen (secondary N) is 1. The van der Waals surface area contributed by atoms with Crippen molar-refractivity contribution in [1.82, 2.24) is 14.6 Å². The van der Waals surface area contributed by atoms with Crippen LogP contribution in [-0.4, -0.2) is 43.4 Å². The van der Waals surface area contributed by atoms with Gasteiger partial charge in [-0.25, -0.2) is 13.4 Å². The summed E-state index contributed by atoms with van der Waals surface area (Å²) in [6.45, 7) is 7.34. The van der Waals surface area contributed by atoms with Gasteiger partial charge in [-0.15, -0.1) is 11.3 Å². The molecule has 1 fully saturated rings. The van der Waals surface area contributed by atoms with Gasteiger partial charge in [0.1, 0.15) is 0 Å². The van der Waals surface area contributed by atoms with E-state index < -0.39 is 10.0 Å². The molecule has 0 aliphatic carbocycles. The Morgan fingerprint density at radius 2 is 2.18 bits per heavy atom. The first kappa shape index (κ1) is 12.9. The third-order valence-electron chi connectivity index (χ3n) is 2.77. The molecule has 1 saturated heterocycles. The topological polar surface area (TPSA) is 62.3 Å². The molecule has 0 aromatic carbocycles. The quantitative estimate of drug-likeness (QED) is 0.865. The number of sulfonamides is 1. The van der Waals surface area contributed by atoms with E-state index in [4.69, 9.17) is 0 Å². The lowest BCUT2D eigenvalue weighted by molar-refractivity contribution is 0.310. The summed E-state index contributed by atoms with van der Waals surface area (Å²) in [5.41, 5.74) is 0.610. The van der Waals surface area contributed by atoms with Crippen LogP contribution in [0.5, 0.6) is 0 Å². The second-order valence-electron chi connectivity index (χ2n) is 4.32. The highest BCUT2D eigenvalue weighted by molar-refractivity contribution is 7.91. The summed E-state index contributed by atoms with van der Waals surface area (Å²) in [7, 11) is -3.36. The monoisotopic (exact) mass is 275 g/mol.